The maximum Gasteiger partial charge on any atom is 0.264 e. The summed E-state index contributed by atoms with van der Waals surface area (Å²) < 4.78 is 32.7. The Morgan fingerprint density at radius 1 is 1.08 bits per heavy atom. The van der Waals surface area contributed by atoms with Crippen LogP contribution in [0.15, 0.2) is 53.4 Å². The number of hydrogen-bond donors (Lipinski definition) is 3. The predicted molar refractivity (Wildman–Crippen MR) is 101 cm³/mol. The zero-order valence-electron chi connectivity index (χ0n) is 13.8. The topological polar surface area (TPSA) is 120 Å². The van der Waals surface area contributed by atoms with E-state index in [1.54, 1.807) is 31.4 Å². The molecule has 1 amide bonds. The minimum atomic E-state index is -3.76. The van der Waals surface area contributed by atoms with Gasteiger partial charge in [-0.05, 0) is 60.7 Å². The molecule has 0 bridgehead atoms. The van der Waals surface area contributed by atoms with E-state index in [2.05, 4.69) is 10.6 Å². The minimum absolute atomic E-state index is 0.0223. The van der Waals surface area contributed by atoms with Crippen LogP contribution < -0.4 is 25.2 Å². The number of benzene rings is 2. The third-order valence-electron chi connectivity index (χ3n) is 3.12. The van der Waals surface area contributed by atoms with Crippen LogP contribution in [0.4, 0.5) is 5.69 Å². The predicted octanol–water partition coefficient (Wildman–Crippen LogP) is 1.23. The fraction of sp³-hybridized carbons (Fsp3) is 0.125. The van der Waals surface area contributed by atoms with Gasteiger partial charge >= 0.3 is 0 Å². The highest BCUT2D eigenvalue weighted by molar-refractivity contribution is 7.89. The average Bonchev–Trinajstić information content (AvgIpc) is 2.60. The number of nitrogens with one attached hydrogen (secondary N) is 2. The summed E-state index contributed by atoms with van der Waals surface area (Å²) in [5.74, 6) is 0.749. The minimum Gasteiger partial charge on any atom is -0.497 e. The van der Waals surface area contributed by atoms with Crippen molar-refractivity contribution >= 4 is 38.9 Å². The fourth-order valence-corrected chi connectivity index (χ4v) is 2.62. The lowest BCUT2D eigenvalue weighted by Gasteiger charge is -2.11. The van der Waals surface area contributed by atoms with Crippen molar-refractivity contribution in [2.45, 2.75) is 4.90 Å². The van der Waals surface area contributed by atoms with Crippen LogP contribution in [0.25, 0.3) is 0 Å². The van der Waals surface area contributed by atoms with Crippen molar-refractivity contribution in [2.75, 3.05) is 19.0 Å². The van der Waals surface area contributed by atoms with Crippen molar-refractivity contribution in [3.63, 3.8) is 0 Å². The summed E-state index contributed by atoms with van der Waals surface area (Å²) in [5.41, 5.74) is 0.499. The van der Waals surface area contributed by atoms with Crippen molar-refractivity contribution in [2.24, 2.45) is 5.14 Å². The third-order valence-corrected chi connectivity index (χ3v) is 4.26. The van der Waals surface area contributed by atoms with E-state index in [-0.39, 0.29) is 16.6 Å². The number of nitrogens with two attached hydrogens (primary N) is 1. The van der Waals surface area contributed by atoms with Crippen LogP contribution in [0.5, 0.6) is 11.5 Å². The molecule has 0 aliphatic rings. The molecule has 0 heterocycles. The molecule has 0 fully saturated rings. The molecule has 0 aromatic heterocycles. The summed E-state index contributed by atoms with van der Waals surface area (Å²) in [7, 11) is -2.20. The van der Waals surface area contributed by atoms with E-state index in [9.17, 15) is 13.2 Å². The molecule has 0 unspecified atom stereocenters. The van der Waals surface area contributed by atoms with Gasteiger partial charge in [0.2, 0.25) is 10.0 Å². The maximum atomic E-state index is 11.8. The van der Waals surface area contributed by atoms with Gasteiger partial charge in [-0.1, -0.05) is 0 Å². The zero-order valence-corrected chi connectivity index (χ0v) is 15.4. The lowest BCUT2D eigenvalue weighted by Crippen LogP contribution is -2.37. The number of primary sulfonamides is 1. The van der Waals surface area contributed by atoms with E-state index < -0.39 is 15.9 Å². The van der Waals surface area contributed by atoms with Gasteiger partial charge in [0.05, 0.1) is 12.0 Å². The first-order valence-corrected chi connectivity index (χ1v) is 9.24. The quantitative estimate of drug-likeness (QED) is 0.629. The number of rotatable bonds is 6. The van der Waals surface area contributed by atoms with E-state index in [1.807, 2.05) is 0 Å². The molecule has 0 saturated carbocycles. The van der Waals surface area contributed by atoms with Crippen LogP contribution in [-0.2, 0) is 14.8 Å². The molecule has 0 atom stereocenters. The van der Waals surface area contributed by atoms with Crippen LogP contribution >= 0.6 is 12.2 Å². The van der Waals surface area contributed by atoms with Gasteiger partial charge in [0.1, 0.15) is 11.5 Å². The zero-order chi connectivity index (χ0) is 19.2. The first-order chi connectivity index (χ1) is 12.3. The number of amides is 1. The Kier molecular flexibility index (Phi) is 6.50. The van der Waals surface area contributed by atoms with Gasteiger partial charge in [0.15, 0.2) is 11.7 Å². The Balaban J connectivity index is 1.82. The van der Waals surface area contributed by atoms with E-state index in [4.69, 9.17) is 26.8 Å². The molecule has 2 aromatic carbocycles. The third kappa shape index (κ3) is 5.99. The summed E-state index contributed by atoms with van der Waals surface area (Å²) >= 11 is 5.02. The van der Waals surface area contributed by atoms with Crippen LogP contribution in [0.2, 0.25) is 0 Å². The van der Waals surface area contributed by atoms with Gasteiger partial charge < -0.3 is 14.8 Å². The first kappa shape index (κ1) is 19.6. The van der Waals surface area contributed by atoms with Crippen molar-refractivity contribution in [1.29, 1.82) is 0 Å². The fourth-order valence-electron chi connectivity index (χ4n) is 1.87. The number of anilines is 1. The second kappa shape index (κ2) is 8.61. The second-order valence-corrected chi connectivity index (χ2v) is 7.01. The highest BCUT2D eigenvalue weighted by Gasteiger charge is 2.09. The molecule has 0 spiro atoms. The van der Waals surface area contributed by atoms with Crippen LogP contribution in [0.3, 0.4) is 0 Å². The number of thiocarbonyl (C=S) groups is 1. The molecule has 138 valence electrons. The Morgan fingerprint density at radius 2 is 1.65 bits per heavy atom. The number of carbonyl (C=O) groups is 1. The van der Waals surface area contributed by atoms with Gasteiger partial charge in [0, 0.05) is 5.69 Å². The summed E-state index contributed by atoms with van der Waals surface area (Å²) in [4.78, 5) is 11.8. The average molecular weight is 395 g/mol. The monoisotopic (exact) mass is 395 g/mol. The molecule has 2 aromatic rings. The lowest BCUT2D eigenvalue weighted by molar-refractivity contribution is -0.121. The Hall–Kier alpha value is -2.69. The Bertz CT molecular complexity index is 881. The molecule has 0 radical (unpaired) electrons. The highest BCUT2D eigenvalue weighted by atomic mass is 32.2. The standard InChI is InChI=1S/C16H17N3O5S2/c1-23-12-4-6-13(7-5-12)24-10-15(20)19-16(25)18-11-2-8-14(9-3-11)26(17,21)22/h2-9H,10H2,1H3,(H2,17,21,22)(H2,18,19,20,25). The summed E-state index contributed by atoms with van der Waals surface area (Å²) in [6, 6.07) is 12.4. The molecule has 10 heteroatoms. The molecule has 8 nitrogen and oxygen atoms in total. The van der Waals surface area contributed by atoms with E-state index in [0.717, 1.165) is 0 Å². The second-order valence-electron chi connectivity index (χ2n) is 5.04. The Labute approximate surface area is 156 Å². The maximum absolute atomic E-state index is 11.8. The van der Waals surface area contributed by atoms with E-state index >= 15 is 0 Å². The number of carbonyl (C=O) groups excluding carboxylic acids is 1. The highest BCUT2D eigenvalue weighted by Crippen LogP contribution is 2.16. The summed E-state index contributed by atoms with van der Waals surface area (Å²) in [6.45, 7) is -0.224. The summed E-state index contributed by atoms with van der Waals surface area (Å²) in [5, 5.41) is 10.3. The van der Waals surface area contributed by atoms with Crippen molar-refractivity contribution in [3.05, 3.63) is 48.5 Å². The van der Waals surface area contributed by atoms with Gasteiger partial charge in [-0.15, -0.1) is 0 Å². The van der Waals surface area contributed by atoms with Crippen LogP contribution in [0.1, 0.15) is 0 Å². The molecule has 26 heavy (non-hydrogen) atoms. The number of methoxy groups -OCH3 is 1. The van der Waals surface area contributed by atoms with Crippen molar-refractivity contribution in [1.82, 2.24) is 5.32 Å². The lowest BCUT2D eigenvalue weighted by atomic mass is 10.3. The Morgan fingerprint density at radius 3 is 2.19 bits per heavy atom. The van der Waals surface area contributed by atoms with Crippen molar-refractivity contribution < 1.29 is 22.7 Å². The summed E-state index contributed by atoms with van der Waals surface area (Å²) in [6.07, 6.45) is 0. The van der Waals surface area contributed by atoms with E-state index in [0.29, 0.717) is 17.2 Å². The van der Waals surface area contributed by atoms with Crippen LogP contribution in [0, 0.1) is 0 Å². The molecule has 0 saturated heterocycles. The number of sulfonamides is 1. The van der Waals surface area contributed by atoms with Gasteiger partial charge in [0.25, 0.3) is 5.91 Å². The largest absolute Gasteiger partial charge is 0.497 e. The smallest absolute Gasteiger partial charge is 0.264 e. The molecule has 4 N–H and O–H groups in total. The van der Waals surface area contributed by atoms with Crippen LogP contribution in [-0.4, -0.2) is 33.2 Å². The van der Waals surface area contributed by atoms with Gasteiger partial charge in [-0.25, -0.2) is 13.6 Å². The molecular weight excluding hydrogens is 378 g/mol. The first-order valence-electron chi connectivity index (χ1n) is 7.28. The number of hydrogen-bond acceptors (Lipinski definition) is 6. The SMILES string of the molecule is COc1ccc(OCC(=O)NC(=S)Nc2ccc(S(N)(=O)=O)cc2)cc1. The van der Waals surface area contributed by atoms with Gasteiger partial charge in [-0.3, -0.25) is 10.1 Å². The number of ether oxygens (including phenoxy) is 2. The molecular formula is C16H17N3O5S2. The van der Waals surface area contributed by atoms with Gasteiger partial charge in [-0.2, -0.15) is 0 Å². The van der Waals surface area contributed by atoms with E-state index in [1.165, 1.54) is 24.3 Å². The molecule has 2 rings (SSSR count). The molecule has 0 aliphatic heterocycles. The normalized spacial score (nSPS) is 10.7. The molecule has 0 aliphatic carbocycles. The van der Waals surface area contributed by atoms with Crippen molar-refractivity contribution in [3.8, 4) is 11.5 Å².